The first-order valence-corrected chi connectivity index (χ1v) is 9.88. The van der Waals surface area contributed by atoms with Crippen LogP contribution < -0.4 is 5.32 Å². The Labute approximate surface area is 145 Å². The van der Waals surface area contributed by atoms with Crippen molar-refractivity contribution < 1.29 is 14.3 Å². The third-order valence-electron chi connectivity index (χ3n) is 3.72. The van der Waals surface area contributed by atoms with Crippen molar-refractivity contribution in [1.29, 1.82) is 0 Å². The van der Waals surface area contributed by atoms with Crippen molar-refractivity contribution in [3.05, 3.63) is 16.1 Å². The summed E-state index contributed by atoms with van der Waals surface area (Å²) >= 11 is 3.36. The number of hydrogen-bond acceptors (Lipinski definition) is 6. The molecular weight excluding hydrogens is 334 g/mol. The third-order valence-corrected chi connectivity index (χ3v) is 5.37. The van der Waals surface area contributed by atoms with Gasteiger partial charge < -0.3 is 15.0 Å². The molecule has 23 heavy (non-hydrogen) atoms. The van der Waals surface area contributed by atoms with Crippen molar-refractivity contribution in [2.45, 2.75) is 25.1 Å². The molecule has 1 aromatic heterocycles. The van der Waals surface area contributed by atoms with Gasteiger partial charge in [0.2, 0.25) is 11.8 Å². The molecule has 1 aromatic rings. The van der Waals surface area contributed by atoms with Gasteiger partial charge in [-0.15, -0.1) is 11.3 Å². The van der Waals surface area contributed by atoms with Crippen LogP contribution in [0.2, 0.25) is 0 Å². The van der Waals surface area contributed by atoms with Gasteiger partial charge in [-0.3, -0.25) is 9.59 Å². The van der Waals surface area contributed by atoms with E-state index in [0.717, 1.165) is 29.3 Å². The second-order valence-corrected chi connectivity index (χ2v) is 7.30. The maximum absolute atomic E-state index is 12.3. The molecule has 0 aliphatic carbocycles. The molecule has 2 rings (SSSR count). The SMILES string of the molecule is COCC(=O)N1CCCC(C(=O)NCc2csc(CSC)n2)C1. The lowest BCUT2D eigenvalue weighted by atomic mass is 9.97. The zero-order valence-electron chi connectivity index (χ0n) is 13.5. The second kappa shape index (κ2) is 9.24. The summed E-state index contributed by atoms with van der Waals surface area (Å²) in [5.74, 6) is 0.706. The quantitative estimate of drug-likeness (QED) is 0.801. The minimum absolute atomic E-state index is 0.000617. The molecule has 0 aromatic carbocycles. The lowest BCUT2D eigenvalue weighted by Crippen LogP contribution is -2.46. The number of aromatic nitrogens is 1. The summed E-state index contributed by atoms with van der Waals surface area (Å²) < 4.78 is 4.88. The van der Waals surface area contributed by atoms with Gasteiger partial charge in [0.1, 0.15) is 11.6 Å². The topological polar surface area (TPSA) is 71.5 Å². The van der Waals surface area contributed by atoms with Crippen LogP contribution in [0.1, 0.15) is 23.5 Å². The van der Waals surface area contributed by atoms with E-state index in [0.29, 0.717) is 19.6 Å². The van der Waals surface area contributed by atoms with E-state index in [4.69, 9.17) is 4.74 Å². The van der Waals surface area contributed by atoms with Gasteiger partial charge in [-0.05, 0) is 19.1 Å². The Kier molecular flexibility index (Phi) is 7.32. The first-order valence-electron chi connectivity index (χ1n) is 7.60. The van der Waals surface area contributed by atoms with Crippen LogP contribution in [0.3, 0.4) is 0 Å². The molecule has 1 aliphatic rings. The lowest BCUT2D eigenvalue weighted by molar-refractivity contribution is -0.139. The second-order valence-electron chi connectivity index (χ2n) is 5.50. The highest BCUT2D eigenvalue weighted by molar-refractivity contribution is 7.97. The van der Waals surface area contributed by atoms with Gasteiger partial charge in [0.15, 0.2) is 0 Å². The van der Waals surface area contributed by atoms with E-state index in [2.05, 4.69) is 10.3 Å². The van der Waals surface area contributed by atoms with Gasteiger partial charge in [0.05, 0.1) is 18.2 Å². The van der Waals surface area contributed by atoms with Crippen LogP contribution in [0.25, 0.3) is 0 Å². The monoisotopic (exact) mass is 357 g/mol. The fraction of sp³-hybridized carbons (Fsp3) is 0.667. The Morgan fingerprint density at radius 1 is 1.57 bits per heavy atom. The number of rotatable bonds is 7. The van der Waals surface area contributed by atoms with Crippen molar-refractivity contribution in [1.82, 2.24) is 15.2 Å². The molecule has 1 N–H and O–H groups in total. The van der Waals surface area contributed by atoms with E-state index in [1.54, 1.807) is 28.0 Å². The van der Waals surface area contributed by atoms with E-state index >= 15 is 0 Å². The number of thioether (sulfide) groups is 1. The number of carbonyl (C=O) groups is 2. The number of piperidine rings is 1. The van der Waals surface area contributed by atoms with E-state index in [9.17, 15) is 9.59 Å². The smallest absolute Gasteiger partial charge is 0.248 e. The molecule has 2 heterocycles. The van der Waals surface area contributed by atoms with Crippen molar-refractivity contribution in [3.63, 3.8) is 0 Å². The summed E-state index contributed by atoms with van der Waals surface area (Å²) in [6, 6.07) is 0. The van der Waals surface area contributed by atoms with Crippen LogP contribution in [-0.4, -0.2) is 54.8 Å². The molecule has 8 heteroatoms. The van der Waals surface area contributed by atoms with Gasteiger partial charge in [-0.1, -0.05) is 0 Å². The van der Waals surface area contributed by atoms with Crippen molar-refractivity contribution >= 4 is 34.9 Å². The summed E-state index contributed by atoms with van der Waals surface area (Å²) in [5, 5.41) is 6.01. The predicted molar refractivity (Wildman–Crippen MR) is 92.4 cm³/mol. The number of nitrogens with zero attached hydrogens (tertiary/aromatic N) is 2. The molecule has 128 valence electrons. The van der Waals surface area contributed by atoms with Crippen LogP contribution in [0, 0.1) is 5.92 Å². The first kappa shape index (κ1) is 18.2. The molecule has 1 atom stereocenters. The van der Waals surface area contributed by atoms with E-state index < -0.39 is 0 Å². The maximum Gasteiger partial charge on any atom is 0.248 e. The molecule has 1 saturated heterocycles. The highest BCUT2D eigenvalue weighted by Gasteiger charge is 2.28. The minimum atomic E-state index is -0.145. The molecule has 0 saturated carbocycles. The summed E-state index contributed by atoms with van der Waals surface area (Å²) in [6.45, 7) is 1.70. The average Bonchev–Trinajstić information content (AvgIpc) is 3.01. The van der Waals surface area contributed by atoms with Gasteiger partial charge in [0, 0.05) is 31.3 Å². The van der Waals surface area contributed by atoms with Crippen LogP contribution in [-0.2, 0) is 26.6 Å². The van der Waals surface area contributed by atoms with E-state index in [1.807, 2.05) is 11.6 Å². The Morgan fingerprint density at radius 2 is 2.39 bits per heavy atom. The van der Waals surface area contributed by atoms with Crippen LogP contribution in [0.4, 0.5) is 0 Å². The normalized spacial score (nSPS) is 18.0. The Morgan fingerprint density at radius 3 is 3.13 bits per heavy atom. The zero-order valence-corrected chi connectivity index (χ0v) is 15.2. The number of carbonyl (C=O) groups excluding carboxylic acids is 2. The number of hydrogen-bond donors (Lipinski definition) is 1. The summed E-state index contributed by atoms with van der Waals surface area (Å²) in [6.07, 6.45) is 3.71. The third kappa shape index (κ3) is 5.47. The largest absolute Gasteiger partial charge is 0.375 e. The molecule has 0 spiro atoms. The summed E-state index contributed by atoms with van der Waals surface area (Å²) in [5.41, 5.74) is 0.899. The summed E-state index contributed by atoms with van der Waals surface area (Å²) in [4.78, 5) is 30.4. The Hall–Kier alpha value is -1.12. The highest BCUT2D eigenvalue weighted by Crippen LogP contribution is 2.18. The minimum Gasteiger partial charge on any atom is -0.375 e. The zero-order chi connectivity index (χ0) is 16.7. The number of likely N-dealkylation sites (tertiary alicyclic amines) is 1. The molecule has 1 aliphatic heterocycles. The van der Waals surface area contributed by atoms with E-state index in [1.165, 1.54) is 7.11 Å². The molecule has 0 bridgehead atoms. The maximum atomic E-state index is 12.3. The number of amides is 2. The lowest BCUT2D eigenvalue weighted by Gasteiger charge is -2.31. The van der Waals surface area contributed by atoms with Crippen LogP contribution in [0.5, 0.6) is 0 Å². The van der Waals surface area contributed by atoms with E-state index in [-0.39, 0.29) is 24.3 Å². The first-order chi connectivity index (χ1) is 11.1. The number of nitrogens with one attached hydrogen (secondary N) is 1. The molecule has 6 nitrogen and oxygen atoms in total. The predicted octanol–water partition coefficient (Wildman–Crippen LogP) is 1.51. The highest BCUT2D eigenvalue weighted by atomic mass is 32.2. The molecular formula is C15H23N3O3S2. The molecule has 1 unspecified atom stereocenters. The van der Waals surface area contributed by atoms with Crippen molar-refractivity contribution in [3.8, 4) is 0 Å². The average molecular weight is 358 g/mol. The Bertz CT molecular complexity index is 536. The fourth-order valence-electron chi connectivity index (χ4n) is 2.57. The van der Waals surface area contributed by atoms with Crippen LogP contribution >= 0.6 is 23.1 Å². The molecule has 1 fully saturated rings. The van der Waals surface area contributed by atoms with Gasteiger partial charge >= 0.3 is 0 Å². The van der Waals surface area contributed by atoms with Gasteiger partial charge in [0.25, 0.3) is 0 Å². The number of thiazole rings is 1. The molecule has 2 amide bonds. The summed E-state index contributed by atoms with van der Waals surface area (Å²) in [7, 11) is 1.51. The van der Waals surface area contributed by atoms with Gasteiger partial charge in [-0.2, -0.15) is 11.8 Å². The van der Waals surface area contributed by atoms with Crippen molar-refractivity contribution in [2.24, 2.45) is 5.92 Å². The van der Waals surface area contributed by atoms with Crippen LogP contribution in [0.15, 0.2) is 5.38 Å². The van der Waals surface area contributed by atoms with Crippen molar-refractivity contribution in [2.75, 3.05) is 33.1 Å². The Balaban J connectivity index is 1.81. The standard InChI is InChI=1S/C15H23N3O3S2/c1-21-8-14(19)18-5-3-4-11(7-18)15(20)16-6-12-9-23-13(17-12)10-22-2/h9,11H,3-8,10H2,1-2H3,(H,16,20). The fourth-order valence-corrected chi connectivity index (χ4v) is 4.09. The number of methoxy groups -OCH3 is 1. The van der Waals surface area contributed by atoms with Gasteiger partial charge in [-0.25, -0.2) is 4.98 Å². The number of ether oxygens (including phenoxy) is 1. The molecule has 0 radical (unpaired) electrons.